The van der Waals surface area contributed by atoms with Crippen molar-refractivity contribution in [2.75, 3.05) is 26.7 Å². The summed E-state index contributed by atoms with van der Waals surface area (Å²) in [5, 5.41) is 15.8. The maximum atomic E-state index is 8.56. The lowest BCUT2D eigenvalue weighted by Crippen LogP contribution is -2.33. The molecule has 0 spiro atoms. The Morgan fingerprint density at radius 3 is 3.06 bits per heavy atom. The molecule has 94 valence electrons. The highest BCUT2D eigenvalue weighted by atomic mass is 16.5. The van der Waals surface area contributed by atoms with Crippen molar-refractivity contribution in [3.63, 3.8) is 0 Å². The fourth-order valence-corrected chi connectivity index (χ4v) is 2.19. The number of aromatic nitrogens is 2. The minimum Gasteiger partial charge on any atom is -0.409 e. The molecule has 2 heterocycles. The fraction of sp³-hybridized carbons (Fsp3) is 0.600. The first-order valence-electron chi connectivity index (χ1n) is 5.45. The first-order valence-corrected chi connectivity index (χ1v) is 5.45. The van der Waals surface area contributed by atoms with E-state index in [1.807, 2.05) is 16.9 Å². The maximum absolute atomic E-state index is 8.56. The number of hydrogen-bond donors (Lipinski definition) is 2. The number of hydrogen-bond acceptors (Lipinski definition) is 5. The van der Waals surface area contributed by atoms with E-state index in [9.17, 15) is 0 Å². The SMILES string of the molecule is CO[C@H]1CN(CC(N)=NO)C[C@H]1n1cccn1. The average Bonchev–Trinajstić information content (AvgIpc) is 2.96. The summed E-state index contributed by atoms with van der Waals surface area (Å²) >= 11 is 0. The molecule has 1 aliphatic heterocycles. The number of oxime groups is 1. The van der Waals surface area contributed by atoms with Crippen LogP contribution in [0, 0.1) is 0 Å². The van der Waals surface area contributed by atoms with Gasteiger partial charge in [-0.25, -0.2) is 0 Å². The average molecular weight is 239 g/mol. The molecule has 7 heteroatoms. The fourth-order valence-electron chi connectivity index (χ4n) is 2.19. The van der Waals surface area contributed by atoms with Crippen LogP contribution >= 0.6 is 0 Å². The summed E-state index contributed by atoms with van der Waals surface area (Å²) in [6, 6.07) is 2.06. The second-order valence-electron chi connectivity index (χ2n) is 4.11. The van der Waals surface area contributed by atoms with Crippen LogP contribution in [-0.4, -0.2) is 58.6 Å². The van der Waals surface area contributed by atoms with Crippen LogP contribution in [-0.2, 0) is 4.74 Å². The zero-order valence-electron chi connectivity index (χ0n) is 9.73. The standard InChI is InChI=1S/C10H17N5O2/c1-17-9-6-14(7-10(11)13-16)5-8(9)15-4-2-3-12-15/h2-4,8-9,16H,5-7H2,1H3,(H2,11,13)/t8-,9+/m1/s1. The quantitative estimate of drug-likeness (QED) is 0.320. The first kappa shape index (κ1) is 11.9. The lowest BCUT2D eigenvalue weighted by Gasteiger charge is -2.16. The van der Waals surface area contributed by atoms with Gasteiger partial charge in [0.2, 0.25) is 0 Å². The molecule has 0 aromatic carbocycles. The highest BCUT2D eigenvalue weighted by Gasteiger charge is 2.34. The minimum absolute atomic E-state index is 0.0707. The molecular weight excluding hydrogens is 222 g/mol. The van der Waals surface area contributed by atoms with Crippen molar-refractivity contribution in [3.05, 3.63) is 18.5 Å². The van der Waals surface area contributed by atoms with Crippen molar-refractivity contribution >= 4 is 5.84 Å². The Morgan fingerprint density at radius 2 is 2.47 bits per heavy atom. The molecule has 1 aromatic rings. The molecule has 0 unspecified atom stereocenters. The van der Waals surface area contributed by atoms with Crippen molar-refractivity contribution in [1.82, 2.24) is 14.7 Å². The largest absolute Gasteiger partial charge is 0.409 e. The Labute approximate surface area is 99.4 Å². The van der Waals surface area contributed by atoms with E-state index < -0.39 is 0 Å². The van der Waals surface area contributed by atoms with Gasteiger partial charge in [-0.15, -0.1) is 0 Å². The van der Waals surface area contributed by atoms with Gasteiger partial charge in [-0.05, 0) is 6.07 Å². The van der Waals surface area contributed by atoms with E-state index in [4.69, 9.17) is 15.7 Å². The summed E-state index contributed by atoms with van der Waals surface area (Å²) in [5.74, 6) is 0.209. The molecule has 1 aromatic heterocycles. The Balaban J connectivity index is 2.04. The summed E-state index contributed by atoms with van der Waals surface area (Å²) in [6.07, 6.45) is 3.74. The van der Waals surface area contributed by atoms with E-state index in [1.54, 1.807) is 13.3 Å². The second-order valence-corrected chi connectivity index (χ2v) is 4.11. The Bertz CT molecular complexity index is 378. The van der Waals surface area contributed by atoms with Crippen molar-refractivity contribution in [1.29, 1.82) is 0 Å². The summed E-state index contributed by atoms with van der Waals surface area (Å²) in [4.78, 5) is 2.08. The number of ether oxygens (including phenoxy) is 1. The van der Waals surface area contributed by atoms with Crippen LogP contribution in [0.2, 0.25) is 0 Å². The number of amidine groups is 1. The third kappa shape index (κ3) is 2.56. The molecule has 2 atom stereocenters. The van der Waals surface area contributed by atoms with Crippen LogP contribution in [0.1, 0.15) is 6.04 Å². The van der Waals surface area contributed by atoms with E-state index in [0.29, 0.717) is 6.54 Å². The lowest BCUT2D eigenvalue weighted by atomic mass is 10.2. The number of likely N-dealkylation sites (tertiary alicyclic amines) is 1. The van der Waals surface area contributed by atoms with Crippen molar-refractivity contribution in [2.24, 2.45) is 10.9 Å². The highest BCUT2D eigenvalue weighted by Crippen LogP contribution is 2.23. The Kier molecular flexibility index (Phi) is 3.60. The predicted octanol–water partition coefficient (Wildman–Crippen LogP) is -0.499. The summed E-state index contributed by atoms with van der Waals surface area (Å²) in [7, 11) is 1.69. The van der Waals surface area contributed by atoms with Gasteiger partial charge in [-0.3, -0.25) is 9.58 Å². The van der Waals surface area contributed by atoms with Gasteiger partial charge >= 0.3 is 0 Å². The van der Waals surface area contributed by atoms with Crippen LogP contribution in [0.25, 0.3) is 0 Å². The predicted molar refractivity (Wildman–Crippen MR) is 61.9 cm³/mol. The van der Waals surface area contributed by atoms with Gasteiger partial charge < -0.3 is 15.7 Å². The van der Waals surface area contributed by atoms with E-state index >= 15 is 0 Å². The summed E-state index contributed by atoms with van der Waals surface area (Å²) < 4.78 is 7.34. The third-order valence-corrected chi connectivity index (χ3v) is 2.99. The normalized spacial score (nSPS) is 26.5. The second kappa shape index (κ2) is 5.15. The Hall–Kier alpha value is -1.60. The van der Waals surface area contributed by atoms with Crippen LogP contribution in [0.5, 0.6) is 0 Å². The van der Waals surface area contributed by atoms with Gasteiger partial charge in [0.15, 0.2) is 5.84 Å². The van der Waals surface area contributed by atoms with Gasteiger partial charge in [0.05, 0.1) is 18.7 Å². The van der Waals surface area contributed by atoms with Gasteiger partial charge in [0, 0.05) is 32.6 Å². The molecule has 1 saturated heterocycles. The minimum atomic E-state index is 0.0707. The van der Waals surface area contributed by atoms with Crippen LogP contribution in [0.4, 0.5) is 0 Å². The third-order valence-electron chi connectivity index (χ3n) is 2.99. The maximum Gasteiger partial charge on any atom is 0.153 e. The number of rotatable bonds is 4. The van der Waals surface area contributed by atoms with Crippen molar-refractivity contribution in [3.8, 4) is 0 Å². The molecule has 7 nitrogen and oxygen atoms in total. The molecule has 0 amide bonds. The molecule has 0 bridgehead atoms. The number of nitrogens with two attached hydrogens (primary N) is 1. The van der Waals surface area contributed by atoms with Crippen molar-refractivity contribution in [2.45, 2.75) is 12.1 Å². The van der Waals surface area contributed by atoms with E-state index in [2.05, 4.69) is 15.2 Å². The lowest BCUT2D eigenvalue weighted by molar-refractivity contribution is 0.0788. The molecule has 0 aliphatic carbocycles. The molecule has 2 rings (SSSR count). The molecule has 17 heavy (non-hydrogen) atoms. The number of nitrogens with zero attached hydrogens (tertiary/aromatic N) is 4. The summed E-state index contributed by atoms with van der Waals surface area (Å²) in [5.41, 5.74) is 5.50. The van der Waals surface area contributed by atoms with Crippen LogP contribution in [0.3, 0.4) is 0 Å². The molecule has 0 radical (unpaired) electrons. The molecule has 1 aliphatic rings. The smallest absolute Gasteiger partial charge is 0.153 e. The summed E-state index contributed by atoms with van der Waals surface area (Å²) in [6.45, 7) is 1.96. The molecule has 1 fully saturated rings. The molecule has 3 N–H and O–H groups in total. The Morgan fingerprint density at radius 1 is 1.65 bits per heavy atom. The molecule has 0 saturated carbocycles. The van der Waals surface area contributed by atoms with E-state index in [1.165, 1.54) is 0 Å². The number of methoxy groups -OCH3 is 1. The zero-order valence-corrected chi connectivity index (χ0v) is 9.73. The molecular formula is C10H17N5O2. The topological polar surface area (TPSA) is 88.9 Å². The van der Waals surface area contributed by atoms with Crippen LogP contribution < -0.4 is 5.73 Å². The van der Waals surface area contributed by atoms with Gasteiger partial charge in [0.1, 0.15) is 0 Å². The highest BCUT2D eigenvalue weighted by molar-refractivity contribution is 5.81. The van der Waals surface area contributed by atoms with Gasteiger partial charge in [-0.2, -0.15) is 5.10 Å². The van der Waals surface area contributed by atoms with Gasteiger partial charge in [-0.1, -0.05) is 5.16 Å². The van der Waals surface area contributed by atoms with Crippen molar-refractivity contribution < 1.29 is 9.94 Å². The van der Waals surface area contributed by atoms with Gasteiger partial charge in [0.25, 0.3) is 0 Å². The van der Waals surface area contributed by atoms with Crippen LogP contribution in [0.15, 0.2) is 23.6 Å². The zero-order chi connectivity index (χ0) is 12.3. The first-order chi connectivity index (χ1) is 8.24. The van der Waals surface area contributed by atoms with E-state index in [-0.39, 0.29) is 18.0 Å². The monoisotopic (exact) mass is 239 g/mol. The van der Waals surface area contributed by atoms with E-state index in [0.717, 1.165) is 13.1 Å².